The lowest BCUT2D eigenvalue weighted by molar-refractivity contribution is 0.0684. The first-order valence-corrected chi connectivity index (χ1v) is 8.61. The van der Waals surface area contributed by atoms with E-state index in [1.807, 2.05) is 63.2 Å². The summed E-state index contributed by atoms with van der Waals surface area (Å²) < 4.78 is 1.78. The second-order valence-corrected chi connectivity index (χ2v) is 6.69. The van der Waals surface area contributed by atoms with Crippen LogP contribution in [0.15, 0.2) is 49.2 Å². The zero-order valence-electron chi connectivity index (χ0n) is 15.5. The molecule has 0 saturated heterocycles. The minimum Gasteiger partial charge on any atom is -0.340 e. The van der Waals surface area contributed by atoms with Crippen molar-refractivity contribution in [1.29, 1.82) is 0 Å². The van der Waals surface area contributed by atoms with E-state index in [1.54, 1.807) is 23.3 Å². The summed E-state index contributed by atoms with van der Waals surface area (Å²) in [5, 5.41) is 0. The number of carbonyl (C=O) groups is 1. The number of pyridine rings is 2. The number of amides is 1. The number of aryl methyl sites for hydroxylation is 2. The maximum absolute atomic E-state index is 12.8. The van der Waals surface area contributed by atoms with Crippen molar-refractivity contribution in [2.24, 2.45) is 7.05 Å². The van der Waals surface area contributed by atoms with E-state index >= 15 is 0 Å². The van der Waals surface area contributed by atoms with Crippen molar-refractivity contribution in [3.8, 4) is 11.3 Å². The van der Waals surface area contributed by atoms with Gasteiger partial charge in [-0.05, 0) is 50.6 Å². The lowest BCUT2D eigenvalue weighted by Gasteiger charge is -2.26. The lowest BCUT2D eigenvalue weighted by atomic mass is 10.1. The summed E-state index contributed by atoms with van der Waals surface area (Å²) in [5.74, 6) is -0.0732. The molecular formula is C20H23N5O. The van der Waals surface area contributed by atoms with E-state index < -0.39 is 0 Å². The molecule has 0 N–H and O–H groups in total. The number of nitrogens with zero attached hydrogens (tertiary/aromatic N) is 5. The number of carbonyl (C=O) groups excluding carboxylic acids is 1. The molecule has 0 spiro atoms. The second kappa shape index (κ2) is 7.47. The highest BCUT2D eigenvalue weighted by molar-refractivity contribution is 5.92. The Morgan fingerprint density at radius 2 is 2.00 bits per heavy atom. The fourth-order valence-corrected chi connectivity index (χ4v) is 2.71. The quantitative estimate of drug-likeness (QED) is 0.709. The summed E-state index contributed by atoms with van der Waals surface area (Å²) in [6.45, 7) is 6.47. The maximum atomic E-state index is 12.8. The van der Waals surface area contributed by atoms with E-state index in [4.69, 9.17) is 0 Å². The van der Waals surface area contributed by atoms with Gasteiger partial charge in [0.2, 0.25) is 0 Å². The fraction of sp³-hybridized carbons (Fsp3) is 0.300. The molecule has 3 aromatic rings. The van der Waals surface area contributed by atoms with Gasteiger partial charge < -0.3 is 9.47 Å². The minimum atomic E-state index is -0.0732. The highest BCUT2D eigenvalue weighted by Crippen LogP contribution is 2.19. The number of imidazole rings is 1. The van der Waals surface area contributed by atoms with Crippen molar-refractivity contribution in [2.75, 3.05) is 0 Å². The molecule has 0 aliphatic heterocycles. The highest BCUT2D eigenvalue weighted by Gasteiger charge is 2.21. The summed E-state index contributed by atoms with van der Waals surface area (Å²) in [6.07, 6.45) is 6.98. The highest BCUT2D eigenvalue weighted by atomic mass is 16.2. The van der Waals surface area contributed by atoms with Crippen LogP contribution in [0.5, 0.6) is 0 Å². The predicted molar refractivity (Wildman–Crippen MR) is 100 cm³/mol. The molecule has 134 valence electrons. The van der Waals surface area contributed by atoms with Crippen LogP contribution in [0.2, 0.25) is 0 Å². The van der Waals surface area contributed by atoms with Crippen LogP contribution < -0.4 is 0 Å². The van der Waals surface area contributed by atoms with Gasteiger partial charge in [0.05, 0.1) is 12.0 Å². The third-order valence-corrected chi connectivity index (χ3v) is 4.19. The molecule has 26 heavy (non-hydrogen) atoms. The second-order valence-electron chi connectivity index (χ2n) is 6.69. The van der Waals surface area contributed by atoms with Gasteiger partial charge in [0.1, 0.15) is 5.69 Å². The molecule has 1 amide bonds. The van der Waals surface area contributed by atoms with Gasteiger partial charge >= 0.3 is 0 Å². The molecule has 3 rings (SSSR count). The van der Waals surface area contributed by atoms with Crippen molar-refractivity contribution in [3.05, 3.63) is 66.1 Å². The first kappa shape index (κ1) is 17.8. The van der Waals surface area contributed by atoms with E-state index in [0.29, 0.717) is 12.2 Å². The number of aromatic nitrogens is 4. The predicted octanol–water partition coefficient (Wildman–Crippen LogP) is 3.24. The lowest BCUT2D eigenvalue weighted by Crippen LogP contribution is -2.36. The average molecular weight is 349 g/mol. The maximum Gasteiger partial charge on any atom is 0.274 e. The van der Waals surface area contributed by atoms with Crippen LogP contribution in [0.3, 0.4) is 0 Å². The van der Waals surface area contributed by atoms with Gasteiger partial charge in [0.25, 0.3) is 5.91 Å². The smallest absolute Gasteiger partial charge is 0.274 e. The van der Waals surface area contributed by atoms with E-state index in [2.05, 4.69) is 15.0 Å². The van der Waals surface area contributed by atoms with Crippen molar-refractivity contribution in [1.82, 2.24) is 24.4 Å². The summed E-state index contributed by atoms with van der Waals surface area (Å²) in [6, 6.07) is 7.98. The first-order valence-electron chi connectivity index (χ1n) is 8.61. The Labute approximate surface area is 153 Å². The van der Waals surface area contributed by atoms with Crippen LogP contribution in [0, 0.1) is 6.92 Å². The summed E-state index contributed by atoms with van der Waals surface area (Å²) in [4.78, 5) is 27.6. The fourth-order valence-electron chi connectivity index (χ4n) is 2.71. The molecule has 6 nitrogen and oxygen atoms in total. The van der Waals surface area contributed by atoms with Crippen LogP contribution in [0.1, 0.15) is 35.6 Å². The third kappa shape index (κ3) is 3.96. The largest absolute Gasteiger partial charge is 0.340 e. The van der Waals surface area contributed by atoms with Crippen molar-refractivity contribution in [3.63, 3.8) is 0 Å². The molecule has 3 heterocycles. The minimum absolute atomic E-state index is 0.0576. The van der Waals surface area contributed by atoms with Crippen molar-refractivity contribution >= 4 is 5.91 Å². The van der Waals surface area contributed by atoms with Crippen LogP contribution in [-0.2, 0) is 13.6 Å². The molecule has 0 saturated carbocycles. The molecule has 0 aliphatic carbocycles. The van der Waals surface area contributed by atoms with Gasteiger partial charge in [-0.1, -0.05) is 0 Å². The standard InChI is InChI=1S/C20H23N5O/c1-14(2)25(20(26)19-12-24(4)13-23-19)11-16-7-8-21-18(9-16)17-6-5-15(3)22-10-17/h5-10,12-14H,11H2,1-4H3. The Bertz CT molecular complexity index is 899. The SMILES string of the molecule is Cc1ccc(-c2cc(CN(C(=O)c3cn(C)cn3)C(C)C)ccn2)cn1. The Balaban J connectivity index is 1.84. The van der Waals surface area contributed by atoms with E-state index in [9.17, 15) is 4.79 Å². The Hall–Kier alpha value is -3.02. The molecule has 0 atom stereocenters. The monoisotopic (exact) mass is 349 g/mol. The first-order chi connectivity index (χ1) is 12.4. The normalized spacial score (nSPS) is 11.0. The molecule has 6 heteroatoms. The van der Waals surface area contributed by atoms with Gasteiger partial charge in [-0.15, -0.1) is 0 Å². The third-order valence-electron chi connectivity index (χ3n) is 4.19. The van der Waals surface area contributed by atoms with E-state index in [1.165, 1.54) is 0 Å². The summed E-state index contributed by atoms with van der Waals surface area (Å²) in [5.41, 5.74) is 4.26. The Morgan fingerprint density at radius 3 is 2.62 bits per heavy atom. The molecule has 3 aromatic heterocycles. The van der Waals surface area contributed by atoms with E-state index in [0.717, 1.165) is 22.5 Å². The van der Waals surface area contributed by atoms with Gasteiger partial charge in [-0.3, -0.25) is 14.8 Å². The molecule has 0 radical (unpaired) electrons. The van der Waals surface area contributed by atoms with Crippen LogP contribution >= 0.6 is 0 Å². The molecule has 0 aliphatic rings. The zero-order chi connectivity index (χ0) is 18.7. The summed E-state index contributed by atoms with van der Waals surface area (Å²) in [7, 11) is 1.86. The molecule has 0 aromatic carbocycles. The molecule has 0 bridgehead atoms. The number of hydrogen-bond donors (Lipinski definition) is 0. The molecular weight excluding hydrogens is 326 g/mol. The van der Waals surface area contributed by atoms with Gasteiger partial charge in [-0.25, -0.2) is 4.98 Å². The number of rotatable bonds is 5. The van der Waals surface area contributed by atoms with Gasteiger partial charge in [-0.2, -0.15) is 0 Å². The average Bonchev–Trinajstić information content (AvgIpc) is 3.06. The van der Waals surface area contributed by atoms with E-state index in [-0.39, 0.29) is 11.9 Å². The van der Waals surface area contributed by atoms with Gasteiger partial charge in [0, 0.05) is 49.5 Å². The molecule has 0 unspecified atom stereocenters. The topological polar surface area (TPSA) is 63.9 Å². The Kier molecular flexibility index (Phi) is 5.11. The van der Waals surface area contributed by atoms with Crippen molar-refractivity contribution < 1.29 is 4.79 Å². The summed E-state index contributed by atoms with van der Waals surface area (Å²) >= 11 is 0. The zero-order valence-corrected chi connectivity index (χ0v) is 15.5. The Morgan fingerprint density at radius 1 is 1.19 bits per heavy atom. The molecule has 0 fully saturated rings. The van der Waals surface area contributed by atoms with Crippen LogP contribution in [0.4, 0.5) is 0 Å². The van der Waals surface area contributed by atoms with Crippen LogP contribution in [-0.4, -0.2) is 36.4 Å². The number of hydrogen-bond acceptors (Lipinski definition) is 4. The van der Waals surface area contributed by atoms with Gasteiger partial charge in [0.15, 0.2) is 0 Å². The van der Waals surface area contributed by atoms with Crippen LogP contribution in [0.25, 0.3) is 11.3 Å². The van der Waals surface area contributed by atoms with Crippen molar-refractivity contribution in [2.45, 2.75) is 33.4 Å².